The Bertz CT molecular complexity index is 540. The lowest BCUT2D eigenvalue weighted by molar-refractivity contribution is -0.0521. The molecule has 4 nitrogen and oxygen atoms in total. The second kappa shape index (κ2) is 6.75. The topological polar surface area (TPSA) is 59.3 Å². The summed E-state index contributed by atoms with van der Waals surface area (Å²) in [4.78, 5) is 11.6. The Kier molecular flexibility index (Phi) is 5.32. The molecule has 0 aliphatic carbocycles. The molecule has 0 radical (unpaired) electrons. The van der Waals surface area contributed by atoms with E-state index in [-0.39, 0.29) is 6.61 Å². The summed E-state index contributed by atoms with van der Waals surface area (Å²) in [5.41, 5.74) is -2.24. The Morgan fingerprint density at radius 2 is 2.00 bits per heavy atom. The second-order valence-electron chi connectivity index (χ2n) is 3.41. The van der Waals surface area contributed by atoms with Crippen molar-refractivity contribution in [3.05, 3.63) is 28.8 Å². The Balaban J connectivity index is 3.49. The van der Waals surface area contributed by atoms with Gasteiger partial charge in [0.15, 0.2) is 0 Å². The minimum atomic E-state index is -3.34. The van der Waals surface area contributed by atoms with E-state index in [1.165, 1.54) is 13.0 Å². The van der Waals surface area contributed by atoms with Crippen LogP contribution in [0.15, 0.2) is 12.1 Å². The molecule has 1 aromatic rings. The zero-order valence-corrected chi connectivity index (χ0v) is 10.2. The zero-order chi connectivity index (χ0) is 15.3. The standard InChI is InChI=1S/C12H9F4NO3/c1-2-19-11(18)8-6(5-17)3-4-7(20-12(15)16)9(8)10(13)14/h3-4,10,12H,2H2,1H3. The van der Waals surface area contributed by atoms with Crippen LogP contribution in [0.25, 0.3) is 0 Å². The van der Waals surface area contributed by atoms with Crippen molar-refractivity contribution in [2.24, 2.45) is 0 Å². The van der Waals surface area contributed by atoms with Gasteiger partial charge in [-0.1, -0.05) is 0 Å². The molecular formula is C12H9F4NO3. The van der Waals surface area contributed by atoms with Gasteiger partial charge in [0.05, 0.1) is 23.3 Å². The fourth-order valence-electron chi connectivity index (χ4n) is 1.53. The lowest BCUT2D eigenvalue weighted by Gasteiger charge is -2.15. The SMILES string of the molecule is CCOC(=O)c1c(C#N)ccc(OC(F)F)c1C(F)F. The summed E-state index contributed by atoms with van der Waals surface area (Å²) in [6.45, 7) is -2.02. The number of halogens is 4. The molecule has 0 spiro atoms. The van der Waals surface area contributed by atoms with Crippen LogP contribution >= 0.6 is 0 Å². The number of carbonyl (C=O) groups is 1. The molecule has 0 unspecified atom stereocenters. The van der Waals surface area contributed by atoms with Crippen LogP contribution in [-0.4, -0.2) is 19.2 Å². The highest BCUT2D eigenvalue weighted by Crippen LogP contribution is 2.35. The molecule has 0 N–H and O–H groups in total. The van der Waals surface area contributed by atoms with Gasteiger partial charge in [-0.15, -0.1) is 0 Å². The summed E-state index contributed by atoms with van der Waals surface area (Å²) in [5.74, 6) is -2.06. The molecule has 108 valence electrons. The summed E-state index contributed by atoms with van der Waals surface area (Å²) in [6, 6.07) is 3.26. The molecule has 0 heterocycles. The van der Waals surface area contributed by atoms with E-state index in [1.807, 2.05) is 0 Å². The molecule has 0 aromatic heterocycles. The van der Waals surface area contributed by atoms with Gasteiger partial charge < -0.3 is 9.47 Å². The van der Waals surface area contributed by atoms with Crippen LogP contribution in [0.1, 0.15) is 34.8 Å². The Hall–Kier alpha value is -2.30. The summed E-state index contributed by atoms with van der Waals surface area (Å²) < 4.78 is 58.9. The molecule has 0 amide bonds. The maximum Gasteiger partial charge on any atom is 0.387 e. The van der Waals surface area contributed by atoms with Crippen LogP contribution in [-0.2, 0) is 4.74 Å². The minimum absolute atomic E-state index is 0.119. The fraction of sp³-hybridized carbons (Fsp3) is 0.333. The Morgan fingerprint density at radius 3 is 2.45 bits per heavy atom. The van der Waals surface area contributed by atoms with Crippen molar-refractivity contribution in [1.29, 1.82) is 5.26 Å². The van der Waals surface area contributed by atoms with Gasteiger partial charge in [0.2, 0.25) is 0 Å². The second-order valence-corrected chi connectivity index (χ2v) is 3.41. The van der Waals surface area contributed by atoms with Crippen molar-refractivity contribution in [1.82, 2.24) is 0 Å². The van der Waals surface area contributed by atoms with Crippen LogP contribution in [0.2, 0.25) is 0 Å². The number of hydrogen-bond acceptors (Lipinski definition) is 4. The fourth-order valence-corrected chi connectivity index (χ4v) is 1.53. The number of carbonyl (C=O) groups excluding carboxylic acids is 1. The quantitative estimate of drug-likeness (QED) is 0.617. The van der Waals surface area contributed by atoms with Gasteiger partial charge in [-0.25, -0.2) is 13.6 Å². The monoisotopic (exact) mass is 291 g/mol. The molecule has 20 heavy (non-hydrogen) atoms. The van der Waals surface area contributed by atoms with Crippen molar-refractivity contribution in [3.8, 4) is 11.8 Å². The predicted molar refractivity (Wildman–Crippen MR) is 58.7 cm³/mol. The minimum Gasteiger partial charge on any atom is -0.462 e. The highest BCUT2D eigenvalue weighted by atomic mass is 19.3. The zero-order valence-electron chi connectivity index (χ0n) is 10.2. The lowest BCUT2D eigenvalue weighted by Crippen LogP contribution is -2.14. The van der Waals surface area contributed by atoms with Crippen LogP contribution < -0.4 is 4.74 Å². The molecule has 0 bridgehead atoms. The highest BCUT2D eigenvalue weighted by molar-refractivity contribution is 5.94. The number of alkyl halides is 4. The number of rotatable bonds is 5. The van der Waals surface area contributed by atoms with Gasteiger partial charge in [0, 0.05) is 0 Å². The van der Waals surface area contributed by atoms with E-state index in [9.17, 15) is 22.4 Å². The maximum atomic E-state index is 13.0. The number of nitriles is 1. The lowest BCUT2D eigenvalue weighted by atomic mass is 10.0. The number of nitrogens with zero attached hydrogens (tertiary/aromatic N) is 1. The Labute approximate surface area is 111 Å². The van der Waals surface area contributed by atoms with Gasteiger partial charge in [0.1, 0.15) is 11.8 Å². The van der Waals surface area contributed by atoms with Crippen LogP contribution in [0.4, 0.5) is 17.6 Å². The van der Waals surface area contributed by atoms with Crippen molar-refractivity contribution in [3.63, 3.8) is 0 Å². The molecular weight excluding hydrogens is 282 g/mol. The first-order valence-corrected chi connectivity index (χ1v) is 5.39. The summed E-state index contributed by atoms with van der Waals surface area (Å²) in [5, 5.41) is 8.82. The molecule has 0 aliphatic heterocycles. The molecule has 0 saturated carbocycles. The smallest absolute Gasteiger partial charge is 0.387 e. The first-order chi connectivity index (χ1) is 9.42. The van der Waals surface area contributed by atoms with Gasteiger partial charge in [0.25, 0.3) is 6.43 Å². The first-order valence-electron chi connectivity index (χ1n) is 5.39. The molecule has 1 aromatic carbocycles. The van der Waals surface area contributed by atoms with Crippen molar-refractivity contribution in [2.45, 2.75) is 20.0 Å². The van der Waals surface area contributed by atoms with E-state index < -0.39 is 41.4 Å². The van der Waals surface area contributed by atoms with Gasteiger partial charge in [-0.05, 0) is 19.1 Å². The number of benzene rings is 1. The predicted octanol–water partition coefficient (Wildman–Crippen LogP) is 3.27. The molecule has 0 saturated heterocycles. The molecule has 8 heteroatoms. The van der Waals surface area contributed by atoms with Crippen LogP contribution in [0, 0.1) is 11.3 Å². The van der Waals surface area contributed by atoms with E-state index in [2.05, 4.69) is 9.47 Å². The number of hydrogen-bond donors (Lipinski definition) is 0. The van der Waals surface area contributed by atoms with E-state index in [4.69, 9.17) is 5.26 Å². The van der Waals surface area contributed by atoms with E-state index in [0.29, 0.717) is 0 Å². The van der Waals surface area contributed by atoms with Crippen LogP contribution in [0.5, 0.6) is 5.75 Å². The van der Waals surface area contributed by atoms with Crippen molar-refractivity contribution >= 4 is 5.97 Å². The average molecular weight is 291 g/mol. The third-order valence-corrected chi connectivity index (χ3v) is 2.24. The summed E-state index contributed by atoms with van der Waals surface area (Å²) >= 11 is 0. The highest BCUT2D eigenvalue weighted by Gasteiger charge is 2.28. The van der Waals surface area contributed by atoms with Gasteiger partial charge in [-0.2, -0.15) is 14.0 Å². The van der Waals surface area contributed by atoms with Gasteiger partial charge in [-0.3, -0.25) is 0 Å². The van der Waals surface area contributed by atoms with Crippen LogP contribution in [0.3, 0.4) is 0 Å². The van der Waals surface area contributed by atoms with E-state index in [1.54, 1.807) is 0 Å². The third kappa shape index (κ3) is 3.38. The van der Waals surface area contributed by atoms with Crippen molar-refractivity contribution < 1.29 is 31.8 Å². The molecule has 0 aliphatic rings. The summed E-state index contributed by atoms with van der Waals surface area (Å²) in [7, 11) is 0. The number of ether oxygens (including phenoxy) is 2. The maximum absolute atomic E-state index is 13.0. The Morgan fingerprint density at radius 1 is 1.35 bits per heavy atom. The molecule has 0 atom stereocenters. The largest absolute Gasteiger partial charge is 0.462 e. The van der Waals surface area contributed by atoms with Gasteiger partial charge >= 0.3 is 12.6 Å². The van der Waals surface area contributed by atoms with Crippen molar-refractivity contribution in [2.75, 3.05) is 6.61 Å². The summed E-state index contributed by atoms with van der Waals surface area (Å²) in [6.07, 6.45) is -3.28. The average Bonchev–Trinajstić information content (AvgIpc) is 2.37. The molecule has 0 fully saturated rings. The first kappa shape index (κ1) is 15.8. The molecule has 1 rings (SSSR count). The van der Waals surface area contributed by atoms with E-state index in [0.717, 1.165) is 12.1 Å². The van der Waals surface area contributed by atoms with E-state index >= 15 is 0 Å². The third-order valence-electron chi connectivity index (χ3n) is 2.24. The normalized spacial score (nSPS) is 10.5. The number of esters is 1.